The highest BCUT2D eigenvalue weighted by molar-refractivity contribution is 7.27. The quantitative estimate of drug-likeness (QED) is 0.693. The molecule has 0 radical (unpaired) electrons. The Morgan fingerprint density at radius 1 is 1.26 bits per heavy atom. The first-order valence-electron chi connectivity index (χ1n) is 9.60. The third-order valence-corrected chi connectivity index (χ3v) is 5.03. The molecule has 0 saturated carbocycles. The van der Waals surface area contributed by atoms with Crippen molar-refractivity contribution in [1.82, 2.24) is 15.1 Å². The van der Waals surface area contributed by atoms with E-state index in [1.54, 1.807) is 19.1 Å². The standard InChI is InChI=1S/C20H24F3N4O3P/c1-10-14(9-24-17(10)28)18(29)25-16-8-15(27(26-16)20(21,22)23)11-5-12(7-13(31)6-11)30-19(2,3)4/h5-8,10,14H,9,31H2,1-4H3,(H,24,28)(H,25,26,29)/t10-,14+/m1/s1. The fraction of sp³-hybridized carbons (Fsp3) is 0.450. The van der Waals surface area contributed by atoms with E-state index in [4.69, 9.17) is 4.74 Å². The Labute approximate surface area is 179 Å². The van der Waals surface area contributed by atoms with Gasteiger partial charge in [-0.25, -0.2) is 0 Å². The van der Waals surface area contributed by atoms with Crippen molar-refractivity contribution in [2.75, 3.05) is 11.9 Å². The second-order valence-electron chi connectivity index (χ2n) is 8.43. The van der Waals surface area contributed by atoms with E-state index in [0.29, 0.717) is 11.1 Å². The lowest BCUT2D eigenvalue weighted by atomic mass is 9.97. The van der Waals surface area contributed by atoms with Crippen molar-refractivity contribution in [3.8, 4) is 17.0 Å². The number of alkyl halides is 3. The molecule has 1 aliphatic rings. The van der Waals surface area contributed by atoms with Crippen molar-refractivity contribution in [2.45, 2.75) is 39.6 Å². The van der Waals surface area contributed by atoms with Gasteiger partial charge >= 0.3 is 6.30 Å². The van der Waals surface area contributed by atoms with Gasteiger partial charge in [0.05, 0.1) is 11.6 Å². The van der Waals surface area contributed by atoms with Crippen LogP contribution in [-0.2, 0) is 15.9 Å². The first kappa shape index (κ1) is 23.1. The maximum atomic E-state index is 13.7. The van der Waals surface area contributed by atoms with Crippen LogP contribution in [0.15, 0.2) is 24.3 Å². The fourth-order valence-electron chi connectivity index (χ4n) is 3.29. The molecule has 2 heterocycles. The van der Waals surface area contributed by atoms with E-state index in [9.17, 15) is 22.8 Å². The van der Waals surface area contributed by atoms with Crippen LogP contribution in [0.3, 0.4) is 0 Å². The van der Waals surface area contributed by atoms with Crippen LogP contribution < -0.4 is 20.7 Å². The van der Waals surface area contributed by atoms with Crippen LogP contribution in [0.25, 0.3) is 11.3 Å². The van der Waals surface area contributed by atoms with Gasteiger partial charge < -0.3 is 15.4 Å². The van der Waals surface area contributed by atoms with E-state index >= 15 is 0 Å². The zero-order chi connectivity index (χ0) is 23.1. The van der Waals surface area contributed by atoms with Gasteiger partial charge in [0.2, 0.25) is 11.8 Å². The topological polar surface area (TPSA) is 85.3 Å². The summed E-state index contributed by atoms with van der Waals surface area (Å²) in [5.41, 5.74) is -0.564. The number of carbonyl (C=O) groups excluding carboxylic acids is 2. The molecule has 0 bridgehead atoms. The number of carbonyl (C=O) groups is 2. The van der Waals surface area contributed by atoms with E-state index in [1.165, 1.54) is 6.07 Å². The molecular formula is C20H24F3N4O3P. The van der Waals surface area contributed by atoms with E-state index in [-0.39, 0.29) is 34.2 Å². The summed E-state index contributed by atoms with van der Waals surface area (Å²) in [6, 6.07) is 5.89. The largest absolute Gasteiger partial charge is 0.505 e. The van der Waals surface area contributed by atoms with Crippen molar-refractivity contribution in [2.24, 2.45) is 11.8 Å². The van der Waals surface area contributed by atoms with Crippen molar-refractivity contribution in [1.29, 1.82) is 0 Å². The Balaban J connectivity index is 1.97. The number of amides is 2. The van der Waals surface area contributed by atoms with Gasteiger partial charge in [-0.1, -0.05) is 6.92 Å². The van der Waals surface area contributed by atoms with Gasteiger partial charge in [-0.05, 0) is 44.3 Å². The minimum atomic E-state index is -4.81. The minimum absolute atomic E-state index is 0.0929. The number of nitrogens with zero attached hydrogens (tertiary/aromatic N) is 2. The van der Waals surface area contributed by atoms with Crippen LogP contribution in [0.1, 0.15) is 27.7 Å². The molecule has 1 fully saturated rings. The summed E-state index contributed by atoms with van der Waals surface area (Å²) in [5.74, 6) is -1.95. The first-order valence-corrected chi connectivity index (χ1v) is 10.2. The fourth-order valence-corrected chi connectivity index (χ4v) is 3.64. The molecule has 1 aromatic carbocycles. The zero-order valence-electron chi connectivity index (χ0n) is 17.5. The molecule has 7 nitrogen and oxygen atoms in total. The van der Waals surface area contributed by atoms with Crippen molar-refractivity contribution in [3.05, 3.63) is 24.3 Å². The maximum absolute atomic E-state index is 13.7. The Morgan fingerprint density at radius 3 is 2.48 bits per heavy atom. The first-order chi connectivity index (χ1) is 14.2. The number of aromatic nitrogens is 2. The number of hydrogen-bond donors (Lipinski definition) is 2. The lowest BCUT2D eigenvalue weighted by molar-refractivity contribution is -0.210. The van der Waals surface area contributed by atoms with E-state index in [2.05, 4.69) is 25.0 Å². The smallest absolute Gasteiger partial charge is 0.488 e. The second kappa shape index (κ2) is 8.15. The number of rotatable bonds is 4. The van der Waals surface area contributed by atoms with E-state index < -0.39 is 29.6 Å². The molecule has 2 amide bonds. The van der Waals surface area contributed by atoms with Gasteiger partial charge in [0.15, 0.2) is 5.82 Å². The molecule has 0 spiro atoms. The number of nitrogens with one attached hydrogen (secondary N) is 2. The summed E-state index contributed by atoms with van der Waals surface area (Å²) in [5, 5.41) is 9.15. The Morgan fingerprint density at radius 2 is 1.94 bits per heavy atom. The predicted molar refractivity (Wildman–Crippen MR) is 113 cm³/mol. The molecule has 168 valence electrons. The third kappa shape index (κ3) is 5.36. The lowest BCUT2D eigenvalue weighted by Gasteiger charge is -2.22. The molecule has 1 aliphatic heterocycles. The summed E-state index contributed by atoms with van der Waals surface area (Å²) in [4.78, 5) is 24.1. The van der Waals surface area contributed by atoms with Crippen LogP contribution in [-0.4, -0.2) is 33.7 Å². The van der Waals surface area contributed by atoms with Crippen molar-refractivity contribution in [3.63, 3.8) is 0 Å². The van der Waals surface area contributed by atoms with Crippen LogP contribution in [0, 0.1) is 11.8 Å². The Hall–Kier alpha value is -2.61. The van der Waals surface area contributed by atoms with Crippen molar-refractivity contribution >= 4 is 32.2 Å². The monoisotopic (exact) mass is 456 g/mol. The molecular weight excluding hydrogens is 432 g/mol. The third-order valence-electron chi connectivity index (χ3n) is 4.70. The molecule has 2 N–H and O–H groups in total. The average molecular weight is 456 g/mol. The molecule has 1 unspecified atom stereocenters. The highest BCUT2D eigenvalue weighted by Gasteiger charge is 2.38. The summed E-state index contributed by atoms with van der Waals surface area (Å²) in [7, 11) is 2.44. The van der Waals surface area contributed by atoms with Gasteiger partial charge in [0.25, 0.3) is 0 Å². The normalized spacial score (nSPS) is 19.3. The average Bonchev–Trinajstić information content (AvgIpc) is 3.17. The predicted octanol–water partition coefficient (Wildman–Crippen LogP) is 3.02. The molecule has 1 aromatic heterocycles. The molecule has 3 atom stereocenters. The number of benzene rings is 1. The summed E-state index contributed by atoms with van der Waals surface area (Å²) < 4.78 is 46.7. The highest BCUT2D eigenvalue weighted by Crippen LogP contribution is 2.34. The maximum Gasteiger partial charge on any atom is 0.505 e. The van der Waals surface area contributed by atoms with Crippen molar-refractivity contribution < 1.29 is 27.5 Å². The van der Waals surface area contributed by atoms with Gasteiger partial charge in [-0.2, -0.15) is 4.68 Å². The van der Waals surface area contributed by atoms with Gasteiger partial charge in [-0.15, -0.1) is 27.5 Å². The zero-order valence-corrected chi connectivity index (χ0v) is 18.7. The van der Waals surface area contributed by atoms with Gasteiger partial charge in [0, 0.05) is 24.1 Å². The second-order valence-corrected chi connectivity index (χ2v) is 9.10. The molecule has 31 heavy (non-hydrogen) atoms. The lowest BCUT2D eigenvalue weighted by Crippen LogP contribution is -2.28. The summed E-state index contributed by atoms with van der Waals surface area (Å²) in [6.45, 7) is 7.22. The van der Waals surface area contributed by atoms with Crippen LogP contribution >= 0.6 is 9.24 Å². The summed E-state index contributed by atoms with van der Waals surface area (Å²) in [6.07, 6.45) is -4.81. The highest BCUT2D eigenvalue weighted by atomic mass is 31.0. The summed E-state index contributed by atoms with van der Waals surface area (Å²) >= 11 is 0. The van der Waals surface area contributed by atoms with E-state index in [0.717, 1.165) is 6.07 Å². The number of hydrogen-bond acceptors (Lipinski definition) is 4. The Bertz CT molecular complexity index is 1010. The number of halogens is 3. The van der Waals surface area contributed by atoms with Crippen LogP contribution in [0.5, 0.6) is 5.75 Å². The van der Waals surface area contributed by atoms with Gasteiger partial charge in [0.1, 0.15) is 11.4 Å². The molecule has 3 rings (SSSR count). The number of ether oxygens (including phenoxy) is 1. The van der Waals surface area contributed by atoms with Crippen LogP contribution in [0.2, 0.25) is 0 Å². The Kier molecular flexibility index (Phi) is 6.06. The molecule has 0 aliphatic carbocycles. The van der Waals surface area contributed by atoms with Crippen LogP contribution in [0.4, 0.5) is 19.0 Å². The van der Waals surface area contributed by atoms with E-state index in [1.807, 2.05) is 20.8 Å². The molecule has 11 heteroatoms. The van der Waals surface area contributed by atoms with Gasteiger partial charge in [-0.3, -0.25) is 9.59 Å². The SMILES string of the molecule is C[C@H]1C(=O)NC[C@@H]1C(=O)Nc1cc(-c2cc(P)cc(OC(C)(C)C)c2)n(C(F)(F)F)n1. The minimum Gasteiger partial charge on any atom is -0.488 e. The number of anilines is 1. The molecule has 1 saturated heterocycles. The molecule has 2 aromatic rings.